The Balaban J connectivity index is 3.16. The molecule has 1 aromatic rings. The van der Waals surface area contributed by atoms with Crippen molar-refractivity contribution in [2.24, 2.45) is 0 Å². The molecule has 0 spiro atoms. The van der Waals surface area contributed by atoms with Crippen LogP contribution in [0.3, 0.4) is 0 Å². The van der Waals surface area contributed by atoms with E-state index in [2.05, 4.69) is 0 Å². The largest absolute Gasteiger partial charge is 0.344 e. The molecule has 88 valence electrons. The fourth-order valence-corrected chi connectivity index (χ4v) is 1.21. The van der Waals surface area contributed by atoms with E-state index in [1.165, 1.54) is 19.0 Å². The van der Waals surface area contributed by atoms with E-state index < -0.39 is 17.5 Å². The van der Waals surface area contributed by atoms with Crippen LogP contribution in [0.2, 0.25) is 0 Å². The molecule has 0 unspecified atom stereocenters. The number of nitriles is 1. The third kappa shape index (κ3) is 3.38. The van der Waals surface area contributed by atoms with Gasteiger partial charge in [0.15, 0.2) is 0 Å². The van der Waals surface area contributed by atoms with Crippen LogP contribution in [0, 0.1) is 23.0 Å². The van der Waals surface area contributed by atoms with Crippen LogP contribution in [0.5, 0.6) is 0 Å². The van der Waals surface area contributed by atoms with Crippen molar-refractivity contribution in [3.63, 3.8) is 0 Å². The number of carbonyl (C=O) groups excluding carboxylic acids is 1. The van der Waals surface area contributed by atoms with Gasteiger partial charge in [-0.15, -0.1) is 0 Å². The molecule has 3 nitrogen and oxygen atoms in total. The van der Waals surface area contributed by atoms with Gasteiger partial charge in [0.05, 0.1) is 0 Å². The second-order valence-corrected chi connectivity index (χ2v) is 3.57. The summed E-state index contributed by atoms with van der Waals surface area (Å²) in [5, 5.41) is 8.79. The molecule has 0 aliphatic heterocycles. The SMILES string of the molecule is CN(C)C(=O)/C(C#N)=C\c1cc(F)cc(F)c1. The van der Waals surface area contributed by atoms with Crippen molar-refractivity contribution in [3.05, 3.63) is 41.0 Å². The minimum atomic E-state index is -0.758. The minimum absolute atomic E-state index is 0.134. The first-order valence-electron chi connectivity index (χ1n) is 4.73. The zero-order chi connectivity index (χ0) is 13.0. The molecule has 0 saturated carbocycles. The molecule has 0 aliphatic rings. The number of amides is 1. The number of halogens is 2. The molecule has 0 heterocycles. The molecule has 17 heavy (non-hydrogen) atoms. The summed E-state index contributed by atoms with van der Waals surface area (Å²) in [7, 11) is 2.97. The summed E-state index contributed by atoms with van der Waals surface area (Å²) >= 11 is 0. The Kier molecular flexibility index (Phi) is 3.94. The molecule has 1 amide bonds. The quantitative estimate of drug-likeness (QED) is 0.582. The molecule has 0 aliphatic carbocycles. The number of nitrogens with zero attached hydrogens (tertiary/aromatic N) is 2. The molecule has 0 saturated heterocycles. The van der Waals surface area contributed by atoms with Gasteiger partial charge in [0.1, 0.15) is 23.3 Å². The average Bonchev–Trinajstić information content (AvgIpc) is 2.23. The fourth-order valence-electron chi connectivity index (χ4n) is 1.21. The van der Waals surface area contributed by atoms with Crippen molar-refractivity contribution in [3.8, 4) is 6.07 Å². The van der Waals surface area contributed by atoms with E-state index in [1.807, 2.05) is 0 Å². The zero-order valence-corrected chi connectivity index (χ0v) is 9.37. The highest BCUT2D eigenvalue weighted by Crippen LogP contribution is 2.12. The second kappa shape index (κ2) is 5.21. The van der Waals surface area contributed by atoms with Crippen LogP contribution in [-0.2, 0) is 4.79 Å². The normalized spacial score (nSPS) is 10.9. The summed E-state index contributed by atoms with van der Waals surface area (Å²) < 4.78 is 25.8. The molecule has 0 atom stereocenters. The summed E-state index contributed by atoms with van der Waals surface area (Å²) in [6.07, 6.45) is 1.15. The molecule has 5 heteroatoms. The summed E-state index contributed by atoms with van der Waals surface area (Å²) in [6, 6.07) is 4.50. The van der Waals surface area contributed by atoms with E-state index in [9.17, 15) is 13.6 Å². The van der Waals surface area contributed by atoms with Crippen molar-refractivity contribution in [2.45, 2.75) is 0 Å². The average molecular weight is 236 g/mol. The fraction of sp³-hybridized carbons (Fsp3) is 0.167. The maximum atomic E-state index is 12.9. The van der Waals surface area contributed by atoms with Crippen LogP contribution in [0.15, 0.2) is 23.8 Å². The second-order valence-electron chi connectivity index (χ2n) is 3.57. The van der Waals surface area contributed by atoms with Crippen LogP contribution in [0.25, 0.3) is 6.08 Å². The van der Waals surface area contributed by atoms with Gasteiger partial charge in [-0.3, -0.25) is 4.79 Å². The molecular formula is C12H10F2N2O. The van der Waals surface area contributed by atoms with Gasteiger partial charge >= 0.3 is 0 Å². The zero-order valence-electron chi connectivity index (χ0n) is 9.37. The summed E-state index contributed by atoms with van der Waals surface area (Å²) in [6.45, 7) is 0. The highest BCUT2D eigenvalue weighted by Gasteiger charge is 2.11. The van der Waals surface area contributed by atoms with E-state index in [1.54, 1.807) is 6.07 Å². The number of hydrogen-bond donors (Lipinski definition) is 0. The van der Waals surface area contributed by atoms with Gasteiger partial charge in [-0.25, -0.2) is 8.78 Å². The molecular weight excluding hydrogens is 226 g/mol. The van der Waals surface area contributed by atoms with Gasteiger partial charge in [0, 0.05) is 20.2 Å². The van der Waals surface area contributed by atoms with Crippen LogP contribution in [0.1, 0.15) is 5.56 Å². The molecule has 0 aromatic heterocycles. The third-order valence-electron chi connectivity index (χ3n) is 1.95. The number of likely N-dealkylation sites (N-methyl/N-ethyl adjacent to an activating group) is 1. The molecule has 1 rings (SSSR count). The lowest BCUT2D eigenvalue weighted by atomic mass is 10.1. The third-order valence-corrected chi connectivity index (χ3v) is 1.95. The molecule has 0 N–H and O–H groups in total. The highest BCUT2D eigenvalue weighted by atomic mass is 19.1. The van der Waals surface area contributed by atoms with Crippen molar-refractivity contribution < 1.29 is 13.6 Å². The number of hydrogen-bond acceptors (Lipinski definition) is 2. The van der Waals surface area contributed by atoms with Crippen LogP contribution < -0.4 is 0 Å². The standard InChI is InChI=1S/C12H10F2N2O/c1-16(2)12(17)9(7-15)3-8-4-10(13)6-11(14)5-8/h3-6H,1-2H3/b9-3-. The van der Waals surface area contributed by atoms with E-state index >= 15 is 0 Å². The molecule has 1 aromatic carbocycles. The first-order valence-corrected chi connectivity index (χ1v) is 4.73. The van der Waals surface area contributed by atoms with E-state index in [0.29, 0.717) is 0 Å². The number of benzene rings is 1. The molecule has 0 radical (unpaired) electrons. The molecule has 0 bridgehead atoms. The summed E-state index contributed by atoms with van der Waals surface area (Å²) in [5.41, 5.74) is -0.0470. The Labute approximate surface area is 97.6 Å². The van der Waals surface area contributed by atoms with Crippen molar-refractivity contribution in [1.82, 2.24) is 4.90 Å². The van der Waals surface area contributed by atoms with Crippen molar-refractivity contribution >= 4 is 12.0 Å². The Morgan fingerprint density at radius 1 is 1.29 bits per heavy atom. The minimum Gasteiger partial charge on any atom is -0.344 e. The Morgan fingerprint density at radius 3 is 2.24 bits per heavy atom. The smallest absolute Gasteiger partial charge is 0.264 e. The first-order chi connectivity index (χ1) is 7.93. The predicted molar refractivity (Wildman–Crippen MR) is 58.6 cm³/mol. The van der Waals surface area contributed by atoms with Crippen molar-refractivity contribution in [1.29, 1.82) is 5.26 Å². The van der Waals surface area contributed by atoms with E-state index in [0.717, 1.165) is 24.3 Å². The Bertz CT molecular complexity index is 495. The Morgan fingerprint density at radius 2 is 1.82 bits per heavy atom. The van der Waals surface area contributed by atoms with Gasteiger partial charge in [0.2, 0.25) is 0 Å². The molecule has 0 fully saturated rings. The van der Waals surface area contributed by atoms with E-state index in [-0.39, 0.29) is 11.1 Å². The Hall–Kier alpha value is -2.22. The number of carbonyl (C=O) groups is 1. The van der Waals surface area contributed by atoms with Crippen LogP contribution in [-0.4, -0.2) is 24.9 Å². The highest BCUT2D eigenvalue weighted by molar-refractivity contribution is 6.01. The predicted octanol–water partition coefficient (Wildman–Crippen LogP) is 1.96. The topological polar surface area (TPSA) is 44.1 Å². The summed E-state index contributed by atoms with van der Waals surface area (Å²) in [5.74, 6) is -2.03. The van der Waals surface area contributed by atoms with Gasteiger partial charge in [-0.1, -0.05) is 0 Å². The van der Waals surface area contributed by atoms with Gasteiger partial charge in [-0.05, 0) is 23.8 Å². The van der Waals surface area contributed by atoms with Gasteiger partial charge < -0.3 is 4.90 Å². The lowest BCUT2D eigenvalue weighted by molar-refractivity contribution is -0.124. The maximum absolute atomic E-state index is 12.9. The van der Waals surface area contributed by atoms with Gasteiger partial charge in [0.25, 0.3) is 5.91 Å². The lowest BCUT2D eigenvalue weighted by Crippen LogP contribution is -2.22. The lowest BCUT2D eigenvalue weighted by Gasteiger charge is -2.08. The summed E-state index contributed by atoms with van der Waals surface area (Å²) in [4.78, 5) is 12.7. The monoisotopic (exact) mass is 236 g/mol. The van der Waals surface area contributed by atoms with Crippen LogP contribution in [0.4, 0.5) is 8.78 Å². The number of rotatable bonds is 2. The van der Waals surface area contributed by atoms with Crippen molar-refractivity contribution in [2.75, 3.05) is 14.1 Å². The van der Waals surface area contributed by atoms with E-state index in [4.69, 9.17) is 5.26 Å². The first kappa shape index (κ1) is 12.8. The van der Waals surface area contributed by atoms with Crippen LogP contribution >= 0.6 is 0 Å². The van der Waals surface area contributed by atoms with Gasteiger partial charge in [-0.2, -0.15) is 5.26 Å². The maximum Gasteiger partial charge on any atom is 0.264 e.